The number of ether oxygens (including phenoxy) is 3. The summed E-state index contributed by atoms with van der Waals surface area (Å²) in [6, 6.07) is 1.79. The van der Waals surface area contributed by atoms with Crippen molar-refractivity contribution in [3.8, 4) is 17.2 Å². The second-order valence-corrected chi connectivity index (χ2v) is 4.76. The Kier molecular flexibility index (Phi) is 4.17. The molecule has 0 radical (unpaired) electrons. The van der Waals surface area contributed by atoms with Crippen molar-refractivity contribution < 1.29 is 19.3 Å². The number of benzene rings is 1. The number of hydrogen-bond acceptors (Lipinski definition) is 5. The Balaban J connectivity index is 2.61. The average Bonchev–Trinajstić information content (AvgIpc) is 2.45. The third-order valence-electron chi connectivity index (χ3n) is 3.71. The van der Waals surface area contributed by atoms with Gasteiger partial charge in [-0.2, -0.15) is 0 Å². The number of aliphatic hydroxyl groups excluding tert-OH is 1. The maximum Gasteiger partial charge on any atom is 0.167 e. The van der Waals surface area contributed by atoms with Crippen LogP contribution in [0.25, 0.3) is 0 Å². The molecule has 2 atom stereocenters. The summed E-state index contributed by atoms with van der Waals surface area (Å²) in [5.41, 5.74) is 7.47. The molecule has 1 aromatic rings. The van der Waals surface area contributed by atoms with Gasteiger partial charge in [0.25, 0.3) is 0 Å². The fourth-order valence-electron chi connectivity index (χ4n) is 2.77. The van der Waals surface area contributed by atoms with Crippen LogP contribution < -0.4 is 19.9 Å². The lowest BCUT2D eigenvalue weighted by Gasteiger charge is -2.31. The van der Waals surface area contributed by atoms with Gasteiger partial charge in [0.2, 0.25) is 0 Å². The second-order valence-electron chi connectivity index (χ2n) is 4.76. The van der Waals surface area contributed by atoms with Crippen molar-refractivity contribution in [3.05, 3.63) is 17.2 Å². The molecule has 2 unspecified atom stereocenters. The van der Waals surface area contributed by atoms with E-state index < -0.39 is 6.10 Å². The SMILES string of the molecule is COc1cc(OC)c(OC)c2c1CC(CN)CC2O. The molecule has 5 nitrogen and oxygen atoms in total. The summed E-state index contributed by atoms with van der Waals surface area (Å²) >= 11 is 0. The van der Waals surface area contributed by atoms with E-state index in [1.807, 2.05) is 0 Å². The molecule has 1 aliphatic rings. The van der Waals surface area contributed by atoms with Crippen molar-refractivity contribution in [2.24, 2.45) is 11.7 Å². The van der Waals surface area contributed by atoms with E-state index in [9.17, 15) is 5.11 Å². The molecule has 0 fully saturated rings. The molecule has 1 aliphatic carbocycles. The Morgan fingerprint density at radius 3 is 2.42 bits per heavy atom. The van der Waals surface area contributed by atoms with E-state index in [2.05, 4.69) is 0 Å². The lowest BCUT2D eigenvalue weighted by atomic mass is 9.81. The van der Waals surface area contributed by atoms with Gasteiger partial charge in [0.05, 0.1) is 27.4 Å². The highest BCUT2D eigenvalue weighted by Gasteiger charge is 2.32. The van der Waals surface area contributed by atoms with E-state index in [1.54, 1.807) is 27.4 Å². The lowest BCUT2D eigenvalue weighted by Crippen LogP contribution is -2.26. The van der Waals surface area contributed by atoms with Crippen molar-refractivity contribution >= 4 is 0 Å². The smallest absolute Gasteiger partial charge is 0.167 e. The fourth-order valence-corrected chi connectivity index (χ4v) is 2.77. The summed E-state index contributed by atoms with van der Waals surface area (Å²) in [7, 11) is 4.76. The molecule has 19 heavy (non-hydrogen) atoms. The Labute approximate surface area is 113 Å². The fraction of sp³-hybridized carbons (Fsp3) is 0.571. The molecule has 3 N–H and O–H groups in total. The Morgan fingerprint density at radius 2 is 1.89 bits per heavy atom. The van der Waals surface area contributed by atoms with Crippen molar-refractivity contribution in [2.45, 2.75) is 18.9 Å². The van der Waals surface area contributed by atoms with Crippen LogP contribution in [0.1, 0.15) is 23.7 Å². The molecular formula is C14H21NO4. The second kappa shape index (κ2) is 5.67. The van der Waals surface area contributed by atoms with Crippen molar-refractivity contribution in [1.82, 2.24) is 0 Å². The van der Waals surface area contributed by atoms with Gasteiger partial charge in [-0.05, 0) is 25.3 Å². The molecule has 106 valence electrons. The summed E-state index contributed by atoms with van der Waals surface area (Å²) in [5, 5.41) is 10.4. The number of methoxy groups -OCH3 is 3. The van der Waals surface area contributed by atoms with Gasteiger partial charge < -0.3 is 25.1 Å². The van der Waals surface area contributed by atoms with Crippen molar-refractivity contribution in [2.75, 3.05) is 27.9 Å². The highest BCUT2D eigenvalue weighted by atomic mass is 16.5. The number of fused-ring (bicyclic) bond motifs is 1. The van der Waals surface area contributed by atoms with E-state index in [0.29, 0.717) is 30.2 Å². The van der Waals surface area contributed by atoms with E-state index in [4.69, 9.17) is 19.9 Å². The molecule has 0 heterocycles. The predicted octanol–water partition coefficient (Wildman–Crippen LogP) is 1.27. The summed E-state index contributed by atoms with van der Waals surface area (Å²) in [6.07, 6.45) is 0.819. The molecule has 2 rings (SSSR count). The molecule has 0 bridgehead atoms. The van der Waals surface area contributed by atoms with Crippen molar-refractivity contribution in [3.63, 3.8) is 0 Å². The summed E-state index contributed by atoms with van der Waals surface area (Å²) in [5.74, 6) is 2.13. The van der Waals surface area contributed by atoms with Gasteiger partial charge in [-0.3, -0.25) is 0 Å². The highest BCUT2D eigenvalue weighted by molar-refractivity contribution is 5.59. The maximum absolute atomic E-state index is 10.4. The molecule has 0 spiro atoms. The molecule has 0 amide bonds. The molecule has 0 aromatic heterocycles. The minimum atomic E-state index is -0.601. The van der Waals surface area contributed by atoms with Gasteiger partial charge in [-0.15, -0.1) is 0 Å². The Morgan fingerprint density at radius 1 is 1.21 bits per heavy atom. The topological polar surface area (TPSA) is 73.9 Å². The summed E-state index contributed by atoms with van der Waals surface area (Å²) < 4.78 is 16.1. The van der Waals surface area contributed by atoms with Crippen LogP contribution in [0.15, 0.2) is 6.07 Å². The number of hydrogen-bond donors (Lipinski definition) is 2. The zero-order valence-electron chi connectivity index (χ0n) is 11.6. The Hall–Kier alpha value is -1.46. The van der Waals surface area contributed by atoms with Gasteiger partial charge in [-0.1, -0.05) is 0 Å². The summed E-state index contributed by atoms with van der Waals surface area (Å²) in [4.78, 5) is 0. The first-order valence-corrected chi connectivity index (χ1v) is 6.36. The first-order chi connectivity index (χ1) is 9.15. The van der Waals surface area contributed by atoms with Crippen LogP contribution in [0.5, 0.6) is 17.2 Å². The summed E-state index contributed by atoms with van der Waals surface area (Å²) in [6.45, 7) is 0.550. The molecule has 0 saturated heterocycles. The third-order valence-corrected chi connectivity index (χ3v) is 3.71. The first kappa shape index (κ1) is 14.0. The lowest BCUT2D eigenvalue weighted by molar-refractivity contribution is 0.128. The number of aliphatic hydroxyl groups is 1. The normalized spacial score (nSPS) is 21.7. The van der Waals surface area contributed by atoms with E-state index >= 15 is 0 Å². The van der Waals surface area contributed by atoms with Gasteiger partial charge in [0.1, 0.15) is 5.75 Å². The van der Waals surface area contributed by atoms with E-state index in [1.165, 1.54) is 0 Å². The van der Waals surface area contributed by atoms with E-state index in [-0.39, 0.29) is 5.92 Å². The third kappa shape index (κ3) is 2.35. The minimum Gasteiger partial charge on any atom is -0.496 e. The van der Waals surface area contributed by atoms with Gasteiger partial charge in [0.15, 0.2) is 11.5 Å². The zero-order valence-corrected chi connectivity index (χ0v) is 11.6. The van der Waals surface area contributed by atoms with Gasteiger partial charge >= 0.3 is 0 Å². The van der Waals surface area contributed by atoms with Crippen LogP contribution in [0.4, 0.5) is 0 Å². The largest absolute Gasteiger partial charge is 0.496 e. The zero-order chi connectivity index (χ0) is 14.0. The number of rotatable bonds is 4. The van der Waals surface area contributed by atoms with Crippen LogP contribution in [0, 0.1) is 5.92 Å². The molecule has 5 heteroatoms. The quantitative estimate of drug-likeness (QED) is 0.859. The highest BCUT2D eigenvalue weighted by Crippen LogP contribution is 2.47. The molecule has 0 aliphatic heterocycles. The molecule has 1 aromatic carbocycles. The monoisotopic (exact) mass is 267 g/mol. The average molecular weight is 267 g/mol. The van der Waals surface area contributed by atoms with Crippen LogP contribution in [0.3, 0.4) is 0 Å². The minimum absolute atomic E-state index is 0.259. The van der Waals surface area contributed by atoms with Gasteiger partial charge in [-0.25, -0.2) is 0 Å². The maximum atomic E-state index is 10.4. The molecular weight excluding hydrogens is 246 g/mol. The van der Waals surface area contributed by atoms with E-state index in [0.717, 1.165) is 17.5 Å². The standard InChI is InChI=1S/C14H21NO4/c1-17-11-6-12(18-2)14(19-3)13-9(11)4-8(7-15)5-10(13)16/h6,8,10,16H,4-5,7,15H2,1-3H3. The van der Waals surface area contributed by atoms with Gasteiger partial charge in [0, 0.05) is 17.2 Å². The van der Waals surface area contributed by atoms with Crippen molar-refractivity contribution in [1.29, 1.82) is 0 Å². The van der Waals surface area contributed by atoms with Crippen LogP contribution in [-0.4, -0.2) is 33.0 Å². The first-order valence-electron chi connectivity index (χ1n) is 6.36. The van der Waals surface area contributed by atoms with Crippen LogP contribution in [-0.2, 0) is 6.42 Å². The van der Waals surface area contributed by atoms with Crippen LogP contribution >= 0.6 is 0 Å². The number of nitrogens with two attached hydrogens (primary N) is 1. The predicted molar refractivity (Wildman–Crippen MR) is 71.9 cm³/mol. The Bertz CT molecular complexity index is 461. The van der Waals surface area contributed by atoms with Crippen LogP contribution in [0.2, 0.25) is 0 Å². The molecule has 0 saturated carbocycles.